The third-order valence-electron chi connectivity index (χ3n) is 17.4. The van der Waals surface area contributed by atoms with Crippen molar-refractivity contribution in [2.24, 2.45) is 0 Å². The van der Waals surface area contributed by atoms with Gasteiger partial charge in [-0.15, -0.1) is 0 Å². The van der Waals surface area contributed by atoms with E-state index in [1.807, 2.05) is 0 Å². The molecule has 2 heterocycles. The fraction of sp³-hybridized carbons (Fsp3) is 0.200. The van der Waals surface area contributed by atoms with E-state index in [1.54, 1.807) is 0 Å². The summed E-state index contributed by atoms with van der Waals surface area (Å²) in [5.74, 6) is 0. The first-order valence-electron chi connectivity index (χ1n) is 28.2. The normalized spacial score (nSPS) is 15.4. The van der Waals surface area contributed by atoms with Gasteiger partial charge in [-0.2, -0.15) is 0 Å². The molecule has 1 aromatic heterocycles. The number of furan rings is 1. The van der Waals surface area contributed by atoms with Crippen molar-refractivity contribution in [2.75, 3.05) is 9.80 Å². The molecule has 2 aliphatic rings. The Labute approximate surface area is 468 Å². The molecule has 1 aliphatic heterocycles. The second-order valence-corrected chi connectivity index (χ2v) is 30.1. The maximum atomic E-state index is 7.48. The van der Waals surface area contributed by atoms with Crippen LogP contribution in [0.2, 0.25) is 13.1 Å². The molecule has 11 aromatic rings. The van der Waals surface area contributed by atoms with Crippen LogP contribution < -0.4 is 20.2 Å². The molecule has 0 fully saturated rings. The first kappa shape index (κ1) is 50.3. The Morgan fingerprint density at radius 3 is 1.47 bits per heavy atom. The van der Waals surface area contributed by atoms with Gasteiger partial charge in [0, 0.05) is 39.4 Å². The molecule has 1 atom stereocenters. The second kappa shape index (κ2) is 18.2. The van der Waals surface area contributed by atoms with Crippen LogP contribution >= 0.6 is 0 Å². The first-order chi connectivity index (χ1) is 37.8. The molecular weight excluding hydrogens is 973 g/mol. The van der Waals surface area contributed by atoms with E-state index in [9.17, 15) is 0 Å². The van der Waals surface area contributed by atoms with Gasteiger partial charge in [-0.05, 0) is 161 Å². The van der Waals surface area contributed by atoms with Crippen molar-refractivity contribution in [1.82, 2.24) is 0 Å². The van der Waals surface area contributed by atoms with Gasteiger partial charge in [-0.1, -0.05) is 221 Å². The van der Waals surface area contributed by atoms with E-state index in [-0.39, 0.29) is 16.2 Å². The lowest BCUT2D eigenvalue weighted by molar-refractivity contribution is 0.589. The molecule has 0 amide bonds. The zero-order valence-electron chi connectivity index (χ0n) is 47.7. The van der Waals surface area contributed by atoms with Crippen LogP contribution in [-0.4, -0.2) is 8.07 Å². The number of nitrogens with zero attached hydrogens (tertiary/aromatic N) is 2. The Kier molecular flexibility index (Phi) is 11.6. The van der Waals surface area contributed by atoms with Crippen LogP contribution in [-0.2, 0) is 21.7 Å². The molecule has 0 spiro atoms. The van der Waals surface area contributed by atoms with Crippen molar-refractivity contribution in [1.29, 1.82) is 0 Å². The Hall–Kier alpha value is -8.18. The maximum absolute atomic E-state index is 7.48. The fourth-order valence-electron chi connectivity index (χ4n) is 13.2. The minimum absolute atomic E-state index is 0.00940. The highest BCUT2D eigenvalue weighted by Gasteiger charge is 2.50. The largest absolute Gasteiger partial charge is 0.455 e. The highest BCUT2D eigenvalue weighted by molar-refractivity contribution is 7.03. The van der Waals surface area contributed by atoms with Crippen molar-refractivity contribution < 1.29 is 4.42 Å². The number of hydrogen-bond donors (Lipinski definition) is 0. The van der Waals surface area contributed by atoms with Crippen molar-refractivity contribution in [3.05, 3.63) is 263 Å². The summed E-state index contributed by atoms with van der Waals surface area (Å²) in [4.78, 5) is 4.92. The third kappa shape index (κ3) is 8.04. The van der Waals surface area contributed by atoms with E-state index in [1.165, 1.54) is 66.0 Å². The Balaban J connectivity index is 1.19. The smallest absolute Gasteiger partial charge is 0.145 e. The van der Waals surface area contributed by atoms with Crippen LogP contribution in [0.4, 0.5) is 34.1 Å². The lowest BCUT2D eigenvalue weighted by Gasteiger charge is -2.37. The molecule has 10 aromatic carbocycles. The van der Waals surface area contributed by atoms with Gasteiger partial charge in [0.2, 0.25) is 0 Å². The van der Waals surface area contributed by atoms with Crippen LogP contribution in [0.3, 0.4) is 0 Å². The average Bonchev–Trinajstić information content (AvgIpc) is 4.28. The Bertz CT molecular complexity index is 4130. The van der Waals surface area contributed by atoms with Gasteiger partial charge in [-0.25, -0.2) is 0 Å². The van der Waals surface area contributed by atoms with E-state index in [0.29, 0.717) is 0 Å². The van der Waals surface area contributed by atoms with E-state index in [0.717, 1.165) is 61.6 Å². The van der Waals surface area contributed by atoms with Crippen LogP contribution in [0.25, 0.3) is 44.2 Å². The van der Waals surface area contributed by atoms with Gasteiger partial charge in [0.25, 0.3) is 0 Å². The van der Waals surface area contributed by atoms with Gasteiger partial charge >= 0.3 is 0 Å². The molecule has 13 rings (SSSR count). The van der Waals surface area contributed by atoms with Crippen LogP contribution in [0.5, 0.6) is 0 Å². The predicted molar refractivity (Wildman–Crippen MR) is 339 cm³/mol. The second-order valence-electron chi connectivity index (χ2n) is 25.8. The lowest BCUT2D eigenvalue weighted by Crippen LogP contribution is -2.49. The summed E-state index contributed by atoms with van der Waals surface area (Å²) in [6, 6.07) is 85.1. The zero-order valence-corrected chi connectivity index (χ0v) is 48.7. The summed E-state index contributed by atoms with van der Waals surface area (Å²) >= 11 is 0. The lowest BCUT2D eigenvalue weighted by atomic mass is 9.66. The topological polar surface area (TPSA) is 19.6 Å². The van der Waals surface area contributed by atoms with E-state index < -0.39 is 13.5 Å². The summed E-state index contributed by atoms with van der Waals surface area (Å²) in [5.41, 5.74) is 21.1. The SMILES string of the molecule is CC(C)(C)c1ccc(N(c2ccccc2)c2ccc3c(c2)C(c2ccc(C(C)(C)C)cc2)(c2ccc4c(c2)-c2ccccc2[Si]4(C)C)c2cc(N(c4ccccc4)c4ccc(C(C)(C)C)cc4)c4c(oc5ccccc54)c2-3)cc1. The fourth-order valence-corrected chi connectivity index (χ4v) is 16.2. The molecule has 1 unspecified atom stereocenters. The van der Waals surface area contributed by atoms with E-state index in [2.05, 4.69) is 310 Å². The Morgan fingerprint density at radius 1 is 0.380 bits per heavy atom. The minimum atomic E-state index is -2.03. The van der Waals surface area contributed by atoms with Crippen molar-refractivity contribution in [3.63, 3.8) is 0 Å². The van der Waals surface area contributed by atoms with E-state index in [4.69, 9.17) is 4.42 Å². The standard InChI is InChI=1S/C75H70N2OSi/c1-72(2,3)49-30-32-52(33-31-49)75(53-38-45-68-62(46-53)59-26-19-21-29-67(59)79(68,10)11)63-47-58(76(54-22-14-12-15-23-54)56-39-34-50(35-40-56)73(4,5)6)43-44-60(63)69-64(75)48-65(70-61-27-18-20-28-66(61)78-71(69)70)77(55-24-16-13-17-25-55)57-41-36-51(37-42-57)74(7,8)9/h12-48H,1-11H3. The molecule has 3 nitrogen and oxygen atoms in total. The average molecular weight is 1040 g/mol. The van der Waals surface area contributed by atoms with Gasteiger partial charge in [0.05, 0.1) is 16.5 Å². The van der Waals surface area contributed by atoms with Gasteiger partial charge < -0.3 is 14.2 Å². The molecule has 390 valence electrons. The molecule has 0 N–H and O–H groups in total. The minimum Gasteiger partial charge on any atom is -0.455 e. The number of fused-ring (bicyclic) bond motifs is 10. The number of anilines is 6. The van der Waals surface area contributed by atoms with Crippen molar-refractivity contribution in [3.8, 4) is 22.3 Å². The molecule has 4 heteroatoms. The van der Waals surface area contributed by atoms with E-state index >= 15 is 0 Å². The molecule has 79 heavy (non-hydrogen) atoms. The maximum Gasteiger partial charge on any atom is 0.145 e. The summed E-state index contributed by atoms with van der Waals surface area (Å²) in [6.45, 7) is 25.7. The summed E-state index contributed by atoms with van der Waals surface area (Å²) in [6.07, 6.45) is 0. The number of hydrogen-bond acceptors (Lipinski definition) is 3. The van der Waals surface area contributed by atoms with Gasteiger partial charge in [0.15, 0.2) is 0 Å². The van der Waals surface area contributed by atoms with Crippen LogP contribution in [0, 0.1) is 0 Å². The van der Waals surface area contributed by atoms with Gasteiger partial charge in [-0.3, -0.25) is 0 Å². The molecular formula is C75H70N2OSi. The molecule has 0 saturated carbocycles. The quantitative estimate of drug-likeness (QED) is 0.141. The van der Waals surface area contributed by atoms with Crippen molar-refractivity contribution in [2.45, 2.75) is 97.1 Å². The number of benzene rings is 10. The molecule has 0 bridgehead atoms. The first-order valence-corrected chi connectivity index (χ1v) is 31.2. The highest BCUT2D eigenvalue weighted by Crippen LogP contribution is 2.62. The summed E-state index contributed by atoms with van der Waals surface area (Å²) in [5, 5.41) is 5.16. The monoisotopic (exact) mass is 1040 g/mol. The molecule has 0 saturated heterocycles. The Morgan fingerprint density at radius 2 is 0.861 bits per heavy atom. The van der Waals surface area contributed by atoms with Gasteiger partial charge in [0.1, 0.15) is 19.2 Å². The van der Waals surface area contributed by atoms with Crippen LogP contribution in [0.1, 0.15) is 101 Å². The number of rotatable bonds is 8. The van der Waals surface area contributed by atoms with Crippen LogP contribution in [0.15, 0.2) is 229 Å². The summed E-state index contributed by atoms with van der Waals surface area (Å²) in [7, 11) is -2.03. The highest BCUT2D eigenvalue weighted by atomic mass is 28.3. The third-order valence-corrected chi connectivity index (χ3v) is 21.0. The molecule has 0 radical (unpaired) electrons. The zero-order chi connectivity index (χ0) is 54.8. The predicted octanol–water partition coefficient (Wildman–Crippen LogP) is 19.6. The summed E-state index contributed by atoms with van der Waals surface area (Å²) < 4.78 is 7.48. The number of para-hydroxylation sites is 3. The van der Waals surface area contributed by atoms with Crippen molar-refractivity contribution >= 4 is 74.5 Å². The molecule has 1 aliphatic carbocycles.